The second kappa shape index (κ2) is 7.89. The number of nitrogens with two attached hydrogens (primary N) is 1. The van der Waals surface area contributed by atoms with E-state index in [-0.39, 0.29) is 23.5 Å². The van der Waals surface area contributed by atoms with Crippen LogP contribution in [0, 0.1) is 5.92 Å². The van der Waals surface area contributed by atoms with Gasteiger partial charge in [0.1, 0.15) is 11.5 Å². The number of amides is 1. The van der Waals surface area contributed by atoms with Crippen molar-refractivity contribution in [2.75, 3.05) is 18.8 Å². The molecule has 0 aliphatic carbocycles. The maximum Gasteiger partial charge on any atom is 0.343 e. The molecule has 0 radical (unpaired) electrons. The van der Waals surface area contributed by atoms with E-state index in [2.05, 4.69) is 20.2 Å². The number of nitrogen functional groups attached to an aromatic ring is 1. The Hall–Kier alpha value is -2.71. The van der Waals surface area contributed by atoms with Crippen molar-refractivity contribution in [2.24, 2.45) is 5.92 Å². The number of likely N-dealkylation sites (tertiary alicyclic amines) is 1. The molecule has 9 heteroatoms. The second-order valence-electron chi connectivity index (χ2n) is 7.32. The minimum atomic E-state index is -0.164. The Morgan fingerprint density at radius 3 is 2.67 bits per heavy atom. The first kappa shape index (κ1) is 19.1. The Morgan fingerprint density at radius 2 is 2.04 bits per heavy atom. The maximum atomic E-state index is 12.8. The van der Waals surface area contributed by atoms with Gasteiger partial charge in [0, 0.05) is 31.7 Å². The van der Waals surface area contributed by atoms with Crippen LogP contribution in [0.15, 0.2) is 10.9 Å². The fraction of sp³-hybridized carbons (Fsp3) is 0.611. The summed E-state index contributed by atoms with van der Waals surface area (Å²) in [6.45, 7) is 7.87. The van der Waals surface area contributed by atoms with Crippen molar-refractivity contribution in [3.63, 3.8) is 0 Å². The Kier molecular flexibility index (Phi) is 5.57. The fourth-order valence-corrected chi connectivity index (χ4v) is 3.48. The van der Waals surface area contributed by atoms with Gasteiger partial charge >= 0.3 is 5.69 Å². The quantitative estimate of drug-likeness (QED) is 0.811. The van der Waals surface area contributed by atoms with Gasteiger partial charge in [-0.3, -0.25) is 9.36 Å². The van der Waals surface area contributed by atoms with Gasteiger partial charge in [-0.25, -0.2) is 19.9 Å². The minimum Gasteiger partial charge on any atom is -0.368 e. The number of hydrogen-bond acceptors (Lipinski definition) is 6. The van der Waals surface area contributed by atoms with Crippen LogP contribution in [0.25, 0.3) is 0 Å². The van der Waals surface area contributed by atoms with Crippen LogP contribution in [0.1, 0.15) is 61.5 Å². The van der Waals surface area contributed by atoms with E-state index in [4.69, 9.17) is 5.73 Å². The van der Waals surface area contributed by atoms with Crippen LogP contribution in [0.3, 0.4) is 0 Å². The van der Waals surface area contributed by atoms with Gasteiger partial charge in [-0.1, -0.05) is 13.8 Å². The fourth-order valence-electron chi connectivity index (χ4n) is 3.48. The molecule has 0 unspecified atom stereocenters. The van der Waals surface area contributed by atoms with E-state index < -0.39 is 0 Å². The third kappa shape index (κ3) is 4.17. The molecule has 1 saturated heterocycles. The van der Waals surface area contributed by atoms with E-state index in [1.54, 1.807) is 10.6 Å². The lowest BCUT2D eigenvalue weighted by Crippen LogP contribution is -2.39. The Morgan fingerprint density at radius 1 is 1.33 bits per heavy atom. The summed E-state index contributed by atoms with van der Waals surface area (Å²) in [5.74, 6) is 1.40. The summed E-state index contributed by atoms with van der Waals surface area (Å²) >= 11 is 0. The summed E-state index contributed by atoms with van der Waals surface area (Å²) in [5.41, 5.74) is 6.74. The summed E-state index contributed by atoms with van der Waals surface area (Å²) in [7, 11) is 0. The number of nitrogens with zero attached hydrogens (tertiary/aromatic N) is 5. The number of nitrogens with one attached hydrogen (secondary N) is 1. The van der Waals surface area contributed by atoms with Crippen LogP contribution in [0.2, 0.25) is 0 Å². The zero-order valence-electron chi connectivity index (χ0n) is 16.1. The van der Waals surface area contributed by atoms with Gasteiger partial charge in [-0.15, -0.1) is 0 Å². The number of carbonyl (C=O) groups is 1. The molecule has 3 rings (SSSR count). The molecule has 0 atom stereocenters. The number of anilines is 1. The highest BCUT2D eigenvalue weighted by atomic mass is 16.2. The first-order valence-electron chi connectivity index (χ1n) is 9.46. The molecule has 2 aromatic rings. The van der Waals surface area contributed by atoms with E-state index in [9.17, 15) is 9.59 Å². The molecule has 0 bridgehead atoms. The third-order valence-corrected chi connectivity index (χ3v) is 5.10. The van der Waals surface area contributed by atoms with Gasteiger partial charge in [0.25, 0.3) is 5.91 Å². The van der Waals surface area contributed by atoms with E-state index >= 15 is 0 Å². The molecule has 27 heavy (non-hydrogen) atoms. The average Bonchev–Trinajstić information content (AvgIpc) is 3.00. The Balaban J connectivity index is 1.63. The molecular formula is C18H27N7O2. The number of rotatable bonds is 5. The first-order chi connectivity index (χ1) is 12.9. The Bertz CT molecular complexity index is 863. The van der Waals surface area contributed by atoms with Crippen LogP contribution in [-0.2, 0) is 13.0 Å². The number of H-pyrrole nitrogens is 1. The van der Waals surface area contributed by atoms with Crippen LogP contribution < -0.4 is 11.4 Å². The van der Waals surface area contributed by atoms with E-state index in [1.165, 1.54) is 0 Å². The molecule has 3 N–H and O–H groups in total. The Labute approximate surface area is 158 Å². The van der Waals surface area contributed by atoms with Gasteiger partial charge in [0.05, 0.1) is 0 Å². The maximum absolute atomic E-state index is 12.8. The normalized spacial score (nSPS) is 15.5. The molecule has 146 valence electrons. The predicted octanol–water partition coefficient (Wildman–Crippen LogP) is 1.18. The molecule has 0 aromatic carbocycles. The van der Waals surface area contributed by atoms with Gasteiger partial charge in [0.2, 0.25) is 5.95 Å². The molecule has 0 spiro atoms. The molecule has 1 aliphatic heterocycles. The molecular weight excluding hydrogens is 346 g/mol. The number of hydrogen-bond donors (Lipinski definition) is 2. The lowest BCUT2D eigenvalue weighted by Gasteiger charge is -2.31. The molecule has 1 fully saturated rings. The number of piperidine rings is 1. The summed E-state index contributed by atoms with van der Waals surface area (Å²) in [5, 5.41) is 6.65. The van der Waals surface area contributed by atoms with Crippen LogP contribution >= 0.6 is 0 Å². The van der Waals surface area contributed by atoms with Crippen molar-refractivity contribution < 1.29 is 4.79 Å². The summed E-state index contributed by atoms with van der Waals surface area (Å²) in [6, 6.07) is 1.74. The van der Waals surface area contributed by atoms with Gasteiger partial charge in [-0.05, 0) is 37.7 Å². The molecule has 1 aliphatic rings. The predicted molar refractivity (Wildman–Crippen MR) is 101 cm³/mol. The van der Waals surface area contributed by atoms with Gasteiger partial charge < -0.3 is 10.6 Å². The van der Waals surface area contributed by atoms with Crippen LogP contribution in [0.5, 0.6) is 0 Å². The lowest BCUT2D eigenvalue weighted by molar-refractivity contribution is 0.0683. The summed E-state index contributed by atoms with van der Waals surface area (Å²) < 4.78 is 1.66. The van der Waals surface area contributed by atoms with E-state index in [0.29, 0.717) is 31.2 Å². The van der Waals surface area contributed by atoms with E-state index in [0.717, 1.165) is 30.8 Å². The molecule has 3 heterocycles. The zero-order valence-corrected chi connectivity index (χ0v) is 16.1. The first-order valence-corrected chi connectivity index (χ1v) is 9.46. The topological polar surface area (TPSA) is 123 Å². The van der Waals surface area contributed by atoms with Crippen molar-refractivity contribution >= 4 is 11.9 Å². The van der Waals surface area contributed by atoms with Crippen molar-refractivity contribution in [1.29, 1.82) is 0 Å². The number of aromatic nitrogens is 5. The van der Waals surface area contributed by atoms with Crippen LogP contribution in [0.4, 0.5) is 5.95 Å². The number of carbonyl (C=O) groups excluding carboxylic acids is 1. The summed E-state index contributed by atoms with van der Waals surface area (Å²) in [6.07, 6.45) is 2.48. The van der Waals surface area contributed by atoms with Gasteiger partial charge in [-0.2, -0.15) is 5.10 Å². The second-order valence-corrected chi connectivity index (χ2v) is 7.32. The smallest absolute Gasteiger partial charge is 0.343 e. The largest absolute Gasteiger partial charge is 0.368 e. The van der Waals surface area contributed by atoms with E-state index in [1.807, 2.05) is 25.7 Å². The standard InChI is InChI=1S/C18H27N7O2/c1-4-25-15(22-23-18(25)27)9-12-5-7-24(8-6-12)16(26)14-10-13(11(2)3)20-17(19)21-14/h10-12H,4-9H2,1-3H3,(H,23,27)(H2,19,20,21). The number of aromatic amines is 1. The lowest BCUT2D eigenvalue weighted by atomic mass is 9.93. The molecule has 2 aromatic heterocycles. The highest BCUT2D eigenvalue weighted by molar-refractivity contribution is 5.92. The highest BCUT2D eigenvalue weighted by Gasteiger charge is 2.26. The monoisotopic (exact) mass is 373 g/mol. The highest BCUT2D eigenvalue weighted by Crippen LogP contribution is 2.22. The van der Waals surface area contributed by atoms with Crippen molar-refractivity contribution in [2.45, 2.75) is 52.5 Å². The summed E-state index contributed by atoms with van der Waals surface area (Å²) in [4.78, 5) is 34.6. The van der Waals surface area contributed by atoms with Crippen molar-refractivity contribution in [3.05, 3.63) is 33.8 Å². The molecule has 0 saturated carbocycles. The van der Waals surface area contributed by atoms with Crippen molar-refractivity contribution in [1.82, 2.24) is 29.6 Å². The van der Waals surface area contributed by atoms with Gasteiger partial charge in [0.15, 0.2) is 0 Å². The SMILES string of the molecule is CCn1c(CC2CCN(C(=O)c3cc(C(C)C)nc(N)n3)CC2)n[nH]c1=O. The third-order valence-electron chi connectivity index (χ3n) is 5.10. The minimum absolute atomic E-state index is 0.102. The average molecular weight is 373 g/mol. The molecule has 9 nitrogen and oxygen atoms in total. The van der Waals surface area contributed by atoms with Crippen molar-refractivity contribution in [3.8, 4) is 0 Å². The molecule has 1 amide bonds. The zero-order chi connectivity index (χ0) is 19.6. The van der Waals surface area contributed by atoms with Crippen LogP contribution in [-0.4, -0.2) is 48.6 Å².